The van der Waals surface area contributed by atoms with Gasteiger partial charge in [-0.2, -0.15) is 0 Å². The third-order valence-electron chi connectivity index (χ3n) is 3.78. The number of hydrogen-bond donors (Lipinski definition) is 0. The number of halogens is 1. The van der Waals surface area contributed by atoms with Gasteiger partial charge in [0.05, 0.1) is 5.69 Å². The zero-order valence-corrected chi connectivity index (χ0v) is 14.4. The van der Waals surface area contributed by atoms with Crippen LogP contribution in [0.5, 0.6) is 0 Å². The van der Waals surface area contributed by atoms with Crippen LogP contribution in [0.25, 0.3) is 11.3 Å². The van der Waals surface area contributed by atoms with Crippen molar-refractivity contribution in [3.05, 3.63) is 52.6 Å². The van der Waals surface area contributed by atoms with Gasteiger partial charge in [-0.05, 0) is 36.6 Å². The third-order valence-corrected chi connectivity index (χ3v) is 4.31. The highest BCUT2D eigenvalue weighted by atomic mass is 79.9. The topological polar surface area (TPSA) is 12.9 Å². The van der Waals surface area contributed by atoms with Crippen LogP contribution in [0, 0.1) is 0 Å². The molecule has 0 radical (unpaired) electrons. The second-order valence-corrected chi connectivity index (χ2v) is 6.49. The molecule has 1 aromatic heterocycles. The first-order valence-electron chi connectivity index (χ1n) is 8.00. The lowest BCUT2D eigenvalue weighted by molar-refractivity contribution is 0.607. The Morgan fingerprint density at radius 1 is 0.857 bits per heavy atom. The Balaban J connectivity index is 1.80. The van der Waals surface area contributed by atoms with Gasteiger partial charge in [0.25, 0.3) is 0 Å². The Morgan fingerprint density at radius 3 is 2.24 bits per heavy atom. The van der Waals surface area contributed by atoms with Gasteiger partial charge >= 0.3 is 0 Å². The summed E-state index contributed by atoms with van der Waals surface area (Å²) in [6, 6.07) is 12.7. The number of pyridine rings is 1. The number of hydrogen-bond acceptors (Lipinski definition) is 1. The second-order valence-electron chi connectivity index (χ2n) is 5.58. The van der Waals surface area contributed by atoms with E-state index in [-0.39, 0.29) is 0 Å². The summed E-state index contributed by atoms with van der Waals surface area (Å²) in [7, 11) is 0. The molecule has 2 rings (SSSR count). The predicted octanol–water partition coefficient (Wildman–Crippen LogP) is 6.41. The van der Waals surface area contributed by atoms with E-state index in [1.807, 2.05) is 6.20 Å². The quantitative estimate of drug-likeness (QED) is 0.503. The minimum absolute atomic E-state index is 1.05. The number of benzene rings is 1. The van der Waals surface area contributed by atoms with Gasteiger partial charge in [-0.3, -0.25) is 4.98 Å². The van der Waals surface area contributed by atoms with E-state index < -0.39 is 0 Å². The van der Waals surface area contributed by atoms with Crippen LogP contribution in [-0.4, -0.2) is 4.98 Å². The van der Waals surface area contributed by atoms with Crippen LogP contribution < -0.4 is 0 Å². The maximum absolute atomic E-state index is 4.59. The molecule has 112 valence electrons. The molecule has 0 fully saturated rings. The van der Waals surface area contributed by atoms with Crippen molar-refractivity contribution in [2.45, 2.75) is 51.9 Å². The van der Waals surface area contributed by atoms with Crippen molar-refractivity contribution in [2.24, 2.45) is 0 Å². The van der Waals surface area contributed by atoms with Crippen LogP contribution >= 0.6 is 15.9 Å². The summed E-state index contributed by atoms with van der Waals surface area (Å²) in [5.74, 6) is 0. The normalized spacial score (nSPS) is 10.8. The molecule has 2 aromatic rings. The molecule has 0 saturated carbocycles. The molecule has 0 aliphatic heterocycles. The Hall–Kier alpha value is -1.15. The van der Waals surface area contributed by atoms with Gasteiger partial charge in [-0.25, -0.2) is 0 Å². The van der Waals surface area contributed by atoms with Crippen molar-refractivity contribution in [2.75, 3.05) is 0 Å². The number of unbranched alkanes of at least 4 members (excludes halogenated alkanes) is 5. The first-order chi connectivity index (χ1) is 10.3. The lowest BCUT2D eigenvalue weighted by Crippen LogP contribution is -1.90. The van der Waals surface area contributed by atoms with E-state index in [2.05, 4.69) is 64.2 Å². The molecule has 0 saturated heterocycles. The Kier molecular flexibility index (Phi) is 6.94. The lowest BCUT2D eigenvalue weighted by Gasteiger charge is -2.04. The molecule has 1 aromatic carbocycles. The molecule has 1 nitrogen and oxygen atoms in total. The van der Waals surface area contributed by atoms with Gasteiger partial charge in [0.15, 0.2) is 0 Å². The molecule has 0 N–H and O–H groups in total. The maximum atomic E-state index is 4.59. The second kappa shape index (κ2) is 8.99. The minimum Gasteiger partial charge on any atom is -0.256 e. The standard InChI is InChI=1S/C19H24BrN/c1-2-3-4-5-6-7-8-16-9-14-19(21-15-16)17-10-12-18(20)13-11-17/h9-15H,2-8H2,1H3. The Bertz CT molecular complexity index is 516. The average Bonchev–Trinajstić information content (AvgIpc) is 2.52. The van der Waals surface area contributed by atoms with E-state index in [4.69, 9.17) is 0 Å². The fourth-order valence-electron chi connectivity index (χ4n) is 2.47. The molecule has 0 amide bonds. The van der Waals surface area contributed by atoms with Crippen LogP contribution in [0.1, 0.15) is 51.0 Å². The Labute approximate surface area is 136 Å². The van der Waals surface area contributed by atoms with Crippen LogP contribution in [0.4, 0.5) is 0 Å². The summed E-state index contributed by atoms with van der Waals surface area (Å²) >= 11 is 3.46. The summed E-state index contributed by atoms with van der Waals surface area (Å²) in [6.07, 6.45) is 11.3. The van der Waals surface area contributed by atoms with Crippen molar-refractivity contribution < 1.29 is 0 Å². The molecule has 1 heterocycles. The lowest BCUT2D eigenvalue weighted by atomic mass is 10.1. The smallest absolute Gasteiger partial charge is 0.0702 e. The number of nitrogens with zero attached hydrogens (tertiary/aromatic N) is 1. The molecular formula is C19H24BrN. The summed E-state index contributed by atoms with van der Waals surface area (Å²) in [5.41, 5.74) is 3.57. The van der Waals surface area contributed by atoms with Crippen molar-refractivity contribution >= 4 is 15.9 Å². The number of aromatic nitrogens is 1. The number of aryl methyl sites for hydroxylation is 1. The monoisotopic (exact) mass is 345 g/mol. The molecule has 0 atom stereocenters. The van der Waals surface area contributed by atoms with Crippen LogP contribution in [0.3, 0.4) is 0 Å². The molecule has 21 heavy (non-hydrogen) atoms. The highest BCUT2D eigenvalue weighted by molar-refractivity contribution is 9.10. The van der Waals surface area contributed by atoms with Crippen molar-refractivity contribution in [1.29, 1.82) is 0 Å². The summed E-state index contributed by atoms with van der Waals surface area (Å²) in [6.45, 7) is 2.26. The molecular weight excluding hydrogens is 322 g/mol. The van der Waals surface area contributed by atoms with Gasteiger partial charge in [0, 0.05) is 16.2 Å². The van der Waals surface area contributed by atoms with Gasteiger partial charge in [0.2, 0.25) is 0 Å². The molecule has 2 heteroatoms. The first kappa shape index (κ1) is 16.2. The van der Waals surface area contributed by atoms with Crippen LogP contribution in [0.15, 0.2) is 47.1 Å². The van der Waals surface area contributed by atoms with Crippen LogP contribution in [0.2, 0.25) is 0 Å². The summed E-state index contributed by atoms with van der Waals surface area (Å²) in [4.78, 5) is 4.59. The predicted molar refractivity (Wildman–Crippen MR) is 94.5 cm³/mol. The van der Waals surface area contributed by atoms with E-state index in [1.165, 1.54) is 49.7 Å². The summed E-state index contributed by atoms with van der Waals surface area (Å²) in [5, 5.41) is 0. The fraction of sp³-hybridized carbons (Fsp3) is 0.421. The summed E-state index contributed by atoms with van der Waals surface area (Å²) < 4.78 is 1.10. The average molecular weight is 346 g/mol. The van der Waals surface area contributed by atoms with Crippen molar-refractivity contribution in [3.8, 4) is 11.3 Å². The largest absolute Gasteiger partial charge is 0.256 e. The highest BCUT2D eigenvalue weighted by Gasteiger charge is 2.00. The van der Waals surface area contributed by atoms with Gasteiger partial charge in [-0.15, -0.1) is 0 Å². The van der Waals surface area contributed by atoms with Gasteiger partial charge < -0.3 is 0 Å². The van der Waals surface area contributed by atoms with Crippen molar-refractivity contribution in [3.63, 3.8) is 0 Å². The SMILES string of the molecule is CCCCCCCCc1ccc(-c2ccc(Br)cc2)nc1. The zero-order valence-electron chi connectivity index (χ0n) is 12.8. The molecule has 0 aliphatic carbocycles. The molecule has 0 spiro atoms. The number of rotatable bonds is 8. The maximum Gasteiger partial charge on any atom is 0.0702 e. The fourth-order valence-corrected chi connectivity index (χ4v) is 2.74. The van der Waals surface area contributed by atoms with E-state index >= 15 is 0 Å². The van der Waals surface area contributed by atoms with E-state index in [9.17, 15) is 0 Å². The van der Waals surface area contributed by atoms with Crippen LogP contribution in [-0.2, 0) is 6.42 Å². The Morgan fingerprint density at radius 2 is 1.57 bits per heavy atom. The van der Waals surface area contributed by atoms with Gasteiger partial charge in [-0.1, -0.05) is 73.2 Å². The molecule has 0 bridgehead atoms. The van der Waals surface area contributed by atoms with Crippen molar-refractivity contribution in [1.82, 2.24) is 4.98 Å². The minimum atomic E-state index is 1.05. The molecule has 0 unspecified atom stereocenters. The molecule has 0 aliphatic rings. The first-order valence-corrected chi connectivity index (χ1v) is 8.80. The highest BCUT2D eigenvalue weighted by Crippen LogP contribution is 2.20. The van der Waals surface area contributed by atoms with E-state index in [1.54, 1.807) is 0 Å². The van der Waals surface area contributed by atoms with E-state index in [0.717, 1.165) is 16.6 Å². The van der Waals surface area contributed by atoms with E-state index in [0.29, 0.717) is 0 Å². The zero-order chi connectivity index (χ0) is 14.9. The van der Waals surface area contributed by atoms with Gasteiger partial charge in [0.1, 0.15) is 0 Å². The third kappa shape index (κ3) is 5.62.